The van der Waals surface area contributed by atoms with Gasteiger partial charge in [-0.2, -0.15) is 0 Å². The molecule has 74 valence electrons. The van der Waals surface area contributed by atoms with E-state index in [4.69, 9.17) is 9.15 Å². The van der Waals surface area contributed by atoms with E-state index in [-0.39, 0.29) is 0 Å². The molecule has 0 radical (unpaired) electrons. The molecule has 0 aliphatic rings. The fourth-order valence-corrected chi connectivity index (χ4v) is 1.74. The Bertz CT molecular complexity index is 216. The molecule has 1 N–H and O–H groups in total. The Labute approximate surface area is 82.1 Å². The smallest absolute Gasteiger partial charge is 0.255 e. The lowest BCUT2D eigenvalue weighted by Gasteiger charge is -2.12. The van der Waals surface area contributed by atoms with E-state index in [0.717, 1.165) is 5.75 Å². The molecular formula is C8H14N2O2S. The average molecular weight is 202 g/mol. The Morgan fingerprint density at radius 2 is 2.62 bits per heavy atom. The van der Waals surface area contributed by atoms with E-state index in [2.05, 4.69) is 10.3 Å². The van der Waals surface area contributed by atoms with Crippen LogP contribution in [0.3, 0.4) is 0 Å². The molecule has 4 nitrogen and oxygen atoms in total. The summed E-state index contributed by atoms with van der Waals surface area (Å²) in [5.74, 6) is 0.894. The summed E-state index contributed by atoms with van der Waals surface area (Å²) >= 11 is 1.58. The number of nitrogens with one attached hydrogen (secondary N) is 1. The molecule has 0 amide bonds. The highest BCUT2D eigenvalue weighted by Crippen LogP contribution is 2.15. The molecule has 5 heteroatoms. The number of nitrogens with zero attached hydrogens (tertiary/aromatic N) is 1. The van der Waals surface area contributed by atoms with Gasteiger partial charge in [0, 0.05) is 18.9 Å². The molecule has 0 saturated heterocycles. The number of aromatic nitrogens is 1. The van der Waals surface area contributed by atoms with Gasteiger partial charge in [-0.05, 0) is 7.05 Å². The van der Waals surface area contributed by atoms with Crippen LogP contribution in [0.15, 0.2) is 22.1 Å². The van der Waals surface area contributed by atoms with Gasteiger partial charge in [0.25, 0.3) is 5.22 Å². The van der Waals surface area contributed by atoms with Crippen molar-refractivity contribution in [1.29, 1.82) is 0 Å². The summed E-state index contributed by atoms with van der Waals surface area (Å²) in [6, 6.07) is 0.335. The zero-order valence-corrected chi connectivity index (χ0v) is 8.63. The summed E-state index contributed by atoms with van der Waals surface area (Å²) in [4.78, 5) is 4.01. The lowest BCUT2D eigenvalue weighted by atomic mass is 10.4. The first-order valence-corrected chi connectivity index (χ1v) is 5.04. The van der Waals surface area contributed by atoms with Gasteiger partial charge in [-0.25, -0.2) is 4.98 Å². The van der Waals surface area contributed by atoms with Gasteiger partial charge < -0.3 is 14.5 Å². The minimum atomic E-state index is 0.335. The summed E-state index contributed by atoms with van der Waals surface area (Å²) in [5, 5.41) is 3.86. The van der Waals surface area contributed by atoms with Crippen LogP contribution >= 0.6 is 11.8 Å². The fourth-order valence-electron chi connectivity index (χ4n) is 0.869. The second-order valence-corrected chi connectivity index (χ2v) is 3.52. The predicted octanol–water partition coefficient (Wildman–Crippen LogP) is 1.00. The quantitative estimate of drug-likeness (QED) is 0.697. The molecule has 0 aliphatic carbocycles. The van der Waals surface area contributed by atoms with E-state index >= 15 is 0 Å². The molecule has 0 fully saturated rings. The first-order chi connectivity index (χ1) is 6.36. The molecule has 13 heavy (non-hydrogen) atoms. The van der Waals surface area contributed by atoms with Crippen LogP contribution in [-0.2, 0) is 4.74 Å². The maximum Gasteiger partial charge on any atom is 0.255 e. The predicted molar refractivity (Wildman–Crippen MR) is 52.0 cm³/mol. The highest BCUT2D eigenvalue weighted by Gasteiger charge is 2.07. The summed E-state index contributed by atoms with van der Waals surface area (Å²) in [5.41, 5.74) is 0. The van der Waals surface area contributed by atoms with Crippen LogP contribution in [-0.4, -0.2) is 37.5 Å². The van der Waals surface area contributed by atoms with Crippen molar-refractivity contribution in [2.24, 2.45) is 0 Å². The Balaban J connectivity index is 2.23. The van der Waals surface area contributed by atoms with Crippen molar-refractivity contribution in [1.82, 2.24) is 10.3 Å². The molecule has 0 aromatic carbocycles. The highest BCUT2D eigenvalue weighted by atomic mass is 32.2. The number of hydrogen-bond donors (Lipinski definition) is 1. The summed E-state index contributed by atoms with van der Waals surface area (Å²) in [6.07, 6.45) is 3.22. The molecule has 1 rings (SSSR count). The zero-order chi connectivity index (χ0) is 9.52. The highest BCUT2D eigenvalue weighted by molar-refractivity contribution is 7.99. The third-order valence-corrected chi connectivity index (χ3v) is 2.61. The molecule has 1 unspecified atom stereocenters. The topological polar surface area (TPSA) is 47.3 Å². The summed E-state index contributed by atoms with van der Waals surface area (Å²) in [7, 11) is 3.61. The number of likely N-dealkylation sites (N-methyl/N-ethyl adjacent to an activating group) is 1. The van der Waals surface area contributed by atoms with E-state index in [1.165, 1.54) is 0 Å². The first-order valence-electron chi connectivity index (χ1n) is 4.05. The van der Waals surface area contributed by atoms with Crippen LogP contribution < -0.4 is 5.32 Å². The van der Waals surface area contributed by atoms with Crippen LogP contribution in [0.2, 0.25) is 0 Å². The number of rotatable bonds is 6. The Morgan fingerprint density at radius 3 is 3.15 bits per heavy atom. The Morgan fingerprint density at radius 1 is 1.77 bits per heavy atom. The Hall–Kier alpha value is -0.520. The van der Waals surface area contributed by atoms with Gasteiger partial charge in [0.15, 0.2) is 0 Å². The molecule has 1 atom stereocenters. The van der Waals surface area contributed by atoms with Crippen molar-refractivity contribution < 1.29 is 9.15 Å². The van der Waals surface area contributed by atoms with Crippen molar-refractivity contribution in [3.05, 3.63) is 12.5 Å². The maximum atomic E-state index is 5.09. The number of methoxy groups -OCH3 is 1. The normalized spacial score (nSPS) is 13.1. The number of thioether (sulfide) groups is 1. The van der Waals surface area contributed by atoms with Crippen molar-refractivity contribution in [2.75, 3.05) is 26.5 Å². The van der Waals surface area contributed by atoms with Gasteiger partial charge in [-0.3, -0.25) is 0 Å². The van der Waals surface area contributed by atoms with Gasteiger partial charge in [0.1, 0.15) is 6.26 Å². The van der Waals surface area contributed by atoms with Gasteiger partial charge in [-0.1, -0.05) is 11.8 Å². The van der Waals surface area contributed by atoms with E-state index < -0.39 is 0 Å². The van der Waals surface area contributed by atoms with Crippen molar-refractivity contribution in [3.63, 3.8) is 0 Å². The minimum absolute atomic E-state index is 0.335. The van der Waals surface area contributed by atoms with Crippen LogP contribution in [0.4, 0.5) is 0 Å². The molecule has 0 spiro atoms. The van der Waals surface area contributed by atoms with Gasteiger partial charge in [-0.15, -0.1) is 0 Å². The standard InChI is InChI=1S/C8H14N2O2S/c1-9-7(5-11-2)6-13-8-10-3-4-12-8/h3-4,7,9H,5-6H2,1-2H3. The summed E-state index contributed by atoms with van der Waals surface area (Å²) in [6.45, 7) is 0.699. The number of hydrogen-bond acceptors (Lipinski definition) is 5. The van der Waals surface area contributed by atoms with Crippen LogP contribution in [0.25, 0.3) is 0 Å². The monoisotopic (exact) mass is 202 g/mol. The second kappa shape index (κ2) is 6.01. The van der Waals surface area contributed by atoms with Crippen molar-refractivity contribution >= 4 is 11.8 Å². The van der Waals surface area contributed by atoms with Crippen LogP contribution in [0, 0.1) is 0 Å². The van der Waals surface area contributed by atoms with E-state index in [1.807, 2.05) is 7.05 Å². The van der Waals surface area contributed by atoms with E-state index in [0.29, 0.717) is 17.9 Å². The minimum Gasteiger partial charge on any atom is -0.440 e. The molecule has 0 saturated carbocycles. The van der Waals surface area contributed by atoms with Crippen molar-refractivity contribution in [2.45, 2.75) is 11.3 Å². The SMILES string of the molecule is CNC(COC)CSc1ncco1. The molecular weight excluding hydrogens is 188 g/mol. The van der Waals surface area contributed by atoms with Gasteiger partial charge >= 0.3 is 0 Å². The van der Waals surface area contributed by atoms with Crippen LogP contribution in [0.5, 0.6) is 0 Å². The maximum absolute atomic E-state index is 5.09. The molecule has 0 aliphatic heterocycles. The third kappa shape index (κ3) is 3.80. The molecule has 1 aromatic heterocycles. The number of ether oxygens (including phenoxy) is 1. The zero-order valence-electron chi connectivity index (χ0n) is 7.82. The van der Waals surface area contributed by atoms with E-state index in [9.17, 15) is 0 Å². The lowest BCUT2D eigenvalue weighted by Crippen LogP contribution is -2.32. The average Bonchev–Trinajstić information content (AvgIpc) is 2.64. The fraction of sp³-hybridized carbons (Fsp3) is 0.625. The number of oxazole rings is 1. The Kier molecular flexibility index (Phi) is 4.88. The molecule has 1 heterocycles. The summed E-state index contributed by atoms with van der Waals surface area (Å²) < 4.78 is 10.1. The molecule has 0 bridgehead atoms. The van der Waals surface area contributed by atoms with Gasteiger partial charge in [0.05, 0.1) is 12.8 Å². The first kappa shape index (κ1) is 10.6. The lowest BCUT2D eigenvalue weighted by molar-refractivity contribution is 0.177. The second-order valence-electron chi connectivity index (χ2n) is 2.55. The third-order valence-electron chi connectivity index (χ3n) is 1.59. The largest absolute Gasteiger partial charge is 0.440 e. The van der Waals surface area contributed by atoms with E-state index in [1.54, 1.807) is 31.3 Å². The molecule has 1 aromatic rings. The van der Waals surface area contributed by atoms with Crippen molar-refractivity contribution in [3.8, 4) is 0 Å². The van der Waals surface area contributed by atoms with Gasteiger partial charge in [0.2, 0.25) is 0 Å². The van der Waals surface area contributed by atoms with Crippen LogP contribution in [0.1, 0.15) is 0 Å².